The predicted octanol–water partition coefficient (Wildman–Crippen LogP) is 2.32. The second-order valence-corrected chi connectivity index (χ2v) is 5.86. The van der Waals surface area contributed by atoms with Crippen LogP contribution in [0.3, 0.4) is 0 Å². The maximum Gasteiger partial charge on any atom is 0.408 e. The molecule has 1 N–H and O–H groups in total. The summed E-state index contributed by atoms with van der Waals surface area (Å²) >= 11 is 0. The summed E-state index contributed by atoms with van der Waals surface area (Å²) in [6, 6.07) is -0.703. The zero-order valence-electron chi connectivity index (χ0n) is 13.6. The lowest BCUT2D eigenvalue weighted by Gasteiger charge is -2.40. The van der Waals surface area contributed by atoms with E-state index in [1.807, 2.05) is 6.92 Å². The minimum Gasteiger partial charge on any atom is -0.348 e. The molecule has 0 aromatic carbocycles. The molecule has 2 rings (SSSR count). The fourth-order valence-corrected chi connectivity index (χ4v) is 2.97. The maximum atomic E-state index is 13.0. The third-order valence-corrected chi connectivity index (χ3v) is 4.23. The van der Waals surface area contributed by atoms with Gasteiger partial charge in [0.2, 0.25) is 5.91 Å². The first-order valence-corrected chi connectivity index (χ1v) is 7.81. The number of pyridine rings is 1. The average molecular weight is 343 g/mol. The number of carbonyl (C=O) groups excluding carboxylic acids is 2. The molecule has 1 aliphatic rings. The number of halogens is 3. The molecular formula is C16H20F3N3O2. The molecule has 1 aliphatic heterocycles. The highest BCUT2D eigenvalue weighted by atomic mass is 19.4. The van der Waals surface area contributed by atoms with Gasteiger partial charge in [-0.05, 0) is 30.9 Å². The van der Waals surface area contributed by atoms with Crippen LogP contribution >= 0.6 is 0 Å². The van der Waals surface area contributed by atoms with Crippen molar-refractivity contribution in [2.75, 3.05) is 6.54 Å². The second kappa shape index (κ2) is 7.19. The van der Waals surface area contributed by atoms with E-state index in [9.17, 15) is 22.8 Å². The van der Waals surface area contributed by atoms with Gasteiger partial charge in [-0.1, -0.05) is 6.92 Å². The molecule has 1 aromatic rings. The van der Waals surface area contributed by atoms with Crippen LogP contribution in [0.25, 0.3) is 0 Å². The molecule has 2 heterocycles. The summed E-state index contributed by atoms with van der Waals surface area (Å²) in [5, 5.41) is 2.74. The van der Waals surface area contributed by atoms with E-state index in [-0.39, 0.29) is 25.3 Å². The Balaban J connectivity index is 2.09. The Hall–Kier alpha value is -2.12. The molecule has 0 bridgehead atoms. The maximum absolute atomic E-state index is 13.0. The number of likely N-dealkylation sites (tertiary alicyclic amines) is 1. The molecule has 1 fully saturated rings. The summed E-state index contributed by atoms with van der Waals surface area (Å²) in [4.78, 5) is 28.7. The number of aromatic nitrogens is 1. The minimum atomic E-state index is -4.46. The standard InChI is InChI=1S/C16H20F3N3O2/c1-3-11-8-20-7-6-13(11)15(24)21-12-4-5-14(16(17,18)19)22(9-12)10(2)23/h6-8,12,14H,3-5,9H2,1-2H3,(H,21,24). The van der Waals surface area contributed by atoms with Crippen LogP contribution in [0, 0.1) is 0 Å². The van der Waals surface area contributed by atoms with Crippen LogP contribution < -0.4 is 5.32 Å². The summed E-state index contributed by atoms with van der Waals surface area (Å²) in [5.74, 6) is -0.998. The molecule has 2 atom stereocenters. The molecule has 0 spiro atoms. The van der Waals surface area contributed by atoms with Gasteiger partial charge < -0.3 is 10.2 Å². The first-order valence-electron chi connectivity index (χ1n) is 7.81. The second-order valence-electron chi connectivity index (χ2n) is 5.86. The van der Waals surface area contributed by atoms with E-state index in [1.165, 1.54) is 6.20 Å². The lowest BCUT2D eigenvalue weighted by molar-refractivity contribution is -0.196. The Morgan fingerprint density at radius 3 is 2.67 bits per heavy atom. The van der Waals surface area contributed by atoms with Crippen molar-refractivity contribution in [3.63, 3.8) is 0 Å². The van der Waals surface area contributed by atoms with Crippen molar-refractivity contribution in [3.8, 4) is 0 Å². The van der Waals surface area contributed by atoms with Gasteiger partial charge in [0, 0.05) is 37.5 Å². The summed E-state index contributed by atoms with van der Waals surface area (Å²) in [6.07, 6.45) is -0.788. The van der Waals surface area contributed by atoms with Gasteiger partial charge in [0.05, 0.1) is 0 Å². The highest BCUT2D eigenvalue weighted by molar-refractivity contribution is 5.95. The van der Waals surface area contributed by atoms with Crippen LogP contribution in [0.4, 0.5) is 13.2 Å². The molecule has 1 saturated heterocycles. The van der Waals surface area contributed by atoms with E-state index in [2.05, 4.69) is 10.3 Å². The van der Waals surface area contributed by atoms with Crippen molar-refractivity contribution in [2.24, 2.45) is 0 Å². The van der Waals surface area contributed by atoms with Gasteiger partial charge in [-0.15, -0.1) is 0 Å². The average Bonchev–Trinajstić information content (AvgIpc) is 2.53. The molecule has 132 valence electrons. The largest absolute Gasteiger partial charge is 0.408 e. The zero-order valence-corrected chi connectivity index (χ0v) is 13.6. The number of carbonyl (C=O) groups is 2. The van der Waals surface area contributed by atoms with E-state index in [1.54, 1.807) is 12.3 Å². The van der Waals surface area contributed by atoms with Gasteiger partial charge in [-0.3, -0.25) is 14.6 Å². The molecule has 1 aromatic heterocycles. The molecule has 5 nitrogen and oxygen atoms in total. The number of piperidine rings is 1. The lowest BCUT2D eigenvalue weighted by Crippen LogP contribution is -2.57. The van der Waals surface area contributed by atoms with E-state index in [0.29, 0.717) is 12.0 Å². The van der Waals surface area contributed by atoms with Crippen molar-refractivity contribution in [3.05, 3.63) is 29.6 Å². The Morgan fingerprint density at radius 1 is 1.38 bits per heavy atom. The highest BCUT2D eigenvalue weighted by Crippen LogP contribution is 2.32. The van der Waals surface area contributed by atoms with Crippen LogP contribution in [0.15, 0.2) is 18.5 Å². The third-order valence-electron chi connectivity index (χ3n) is 4.23. The first-order chi connectivity index (χ1) is 11.2. The Morgan fingerprint density at radius 2 is 2.08 bits per heavy atom. The number of hydrogen-bond donors (Lipinski definition) is 1. The van der Waals surface area contributed by atoms with Crippen LogP contribution in [0.5, 0.6) is 0 Å². The van der Waals surface area contributed by atoms with Gasteiger partial charge in [-0.25, -0.2) is 0 Å². The van der Waals surface area contributed by atoms with Crippen molar-refractivity contribution in [2.45, 2.75) is 51.4 Å². The normalized spacial score (nSPS) is 21.5. The Kier molecular flexibility index (Phi) is 5.46. The fraction of sp³-hybridized carbons (Fsp3) is 0.562. The predicted molar refractivity (Wildman–Crippen MR) is 81.3 cm³/mol. The number of nitrogens with zero attached hydrogens (tertiary/aromatic N) is 2. The van der Waals surface area contributed by atoms with Crippen molar-refractivity contribution < 1.29 is 22.8 Å². The van der Waals surface area contributed by atoms with Crippen LogP contribution in [0.1, 0.15) is 42.6 Å². The van der Waals surface area contributed by atoms with Gasteiger partial charge in [0.25, 0.3) is 5.91 Å². The SMILES string of the molecule is CCc1cnccc1C(=O)NC1CCC(C(F)(F)F)N(C(C)=O)C1. The van der Waals surface area contributed by atoms with Crippen LogP contribution in [-0.4, -0.2) is 46.5 Å². The van der Waals surface area contributed by atoms with Crippen molar-refractivity contribution in [1.82, 2.24) is 15.2 Å². The van der Waals surface area contributed by atoms with Gasteiger partial charge in [-0.2, -0.15) is 13.2 Å². The number of hydrogen-bond acceptors (Lipinski definition) is 3. The minimum absolute atomic E-state index is 0.141. The number of alkyl halides is 3. The number of rotatable bonds is 3. The first kappa shape index (κ1) is 18.2. The topological polar surface area (TPSA) is 62.3 Å². The summed E-state index contributed by atoms with van der Waals surface area (Å²) in [7, 11) is 0. The molecular weight excluding hydrogens is 323 g/mol. The Bertz CT molecular complexity index is 619. The molecule has 24 heavy (non-hydrogen) atoms. The molecule has 0 aliphatic carbocycles. The molecule has 0 radical (unpaired) electrons. The van der Waals surface area contributed by atoms with Crippen molar-refractivity contribution >= 4 is 11.8 Å². The molecule has 2 amide bonds. The molecule has 0 saturated carbocycles. The third kappa shape index (κ3) is 4.04. The molecule has 2 unspecified atom stereocenters. The number of amides is 2. The van der Waals surface area contributed by atoms with Gasteiger partial charge in [0.15, 0.2) is 0 Å². The summed E-state index contributed by atoms with van der Waals surface area (Å²) in [6.45, 7) is 2.86. The van der Waals surface area contributed by atoms with Crippen molar-refractivity contribution in [1.29, 1.82) is 0 Å². The quantitative estimate of drug-likeness (QED) is 0.916. The van der Waals surface area contributed by atoms with Crippen LogP contribution in [0.2, 0.25) is 0 Å². The number of nitrogens with one attached hydrogen (secondary N) is 1. The summed E-state index contributed by atoms with van der Waals surface area (Å²) in [5.41, 5.74) is 1.22. The van der Waals surface area contributed by atoms with E-state index < -0.39 is 24.2 Å². The monoisotopic (exact) mass is 343 g/mol. The van der Waals surface area contributed by atoms with E-state index in [4.69, 9.17) is 0 Å². The zero-order chi connectivity index (χ0) is 17.9. The fourth-order valence-electron chi connectivity index (χ4n) is 2.97. The van der Waals surface area contributed by atoms with E-state index in [0.717, 1.165) is 17.4 Å². The summed E-state index contributed by atoms with van der Waals surface area (Å²) < 4.78 is 39.1. The number of aryl methyl sites for hydroxylation is 1. The Labute approximate surface area is 138 Å². The van der Waals surface area contributed by atoms with E-state index >= 15 is 0 Å². The smallest absolute Gasteiger partial charge is 0.348 e. The molecule has 8 heteroatoms. The van der Waals surface area contributed by atoms with Crippen LogP contribution in [-0.2, 0) is 11.2 Å². The van der Waals surface area contributed by atoms with Gasteiger partial charge in [0.1, 0.15) is 6.04 Å². The van der Waals surface area contributed by atoms with Gasteiger partial charge >= 0.3 is 6.18 Å². The highest BCUT2D eigenvalue weighted by Gasteiger charge is 2.47. The lowest BCUT2D eigenvalue weighted by atomic mass is 9.97.